The number of anilines is 1. The first kappa shape index (κ1) is 22.8. The predicted molar refractivity (Wildman–Crippen MR) is 117 cm³/mol. The molecule has 1 amide bonds. The van der Waals surface area contributed by atoms with Crippen molar-refractivity contribution in [3.05, 3.63) is 29.3 Å². The fourth-order valence-corrected chi connectivity index (χ4v) is 2.88. The van der Waals surface area contributed by atoms with Gasteiger partial charge in [0.1, 0.15) is 0 Å². The smallest absolute Gasteiger partial charge is 0.239 e. The van der Waals surface area contributed by atoms with E-state index in [-0.39, 0.29) is 36.4 Å². The lowest BCUT2D eigenvalue weighted by Gasteiger charge is -2.37. The van der Waals surface area contributed by atoms with Crippen molar-refractivity contribution in [1.82, 2.24) is 15.5 Å². The Morgan fingerprint density at radius 2 is 2.00 bits per heavy atom. The van der Waals surface area contributed by atoms with Crippen LogP contribution in [-0.4, -0.2) is 76.8 Å². The molecule has 1 aliphatic heterocycles. The van der Waals surface area contributed by atoms with E-state index in [2.05, 4.69) is 31.5 Å². The van der Waals surface area contributed by atoms with Gasteiger partial charge in [-0.15, -0.1) is 24.0 Å². The summed E-state index contributed by atoms with van der Waals surface area (Å²) in [6.07, 6.45) is 0. The molecule has 0 unspecified atom stereocenters. The van der Waals surface area contributed by atoms with E-state index >= 15 is 0 Å². The molecule has 1 heterocycles. The maximum atomic E-state index is 11.8. The van der Waals surface area contributed by atoms with Crippen LogP contribution in [-0.2, 0) is 9.53 Å². The van der Waals surface area contributed by atoms with Crippen LogP contribution in [0.2, 0.25) is 5.02 Å². The van der Waals surface area contributed by atoms with Gasteiger partial charge in [-0.3, -0.25) is 9.79 Å². The fraction of sp³-hybridized carbons (Fsp3) is 0.529. The maximum absolute atomic E-state index is 11.8. The molecule has 2 N–H and O–H groups in total. The van der Waals surface area contributed by atoms with Crippen molar-refractivity contribution in [3.63, 3.8) is 0 Å². The van der Waals surface area contributed by atoms with Gasteiger partial charge in [-0.2, -0.15) is 0 Å². The molecule has 7 nitrogen and oxygen atoms in total. The molecule has 0 radical (unpaired) electrons. The summed E-state index contributed by atoms with van der Waals surface area (Å²) in [6.45, 7) is 4.63. The normalized spacial score (nSPS) is 14.7. The van der Waals surface area contributed by atoms with Gasteiger partial charge < -0.3 is 25.2 Å². The minimum absolute atomic E-state index is 0. The number of carbonyl (C=O) groups is 1. The van der Waals surface area contributed by atoms with Crippen molar-refractivity contribution in [1.29, 1.82) is 0 Å². The van der Waals surface area contributed by atoms with Crippen LogP contribution in [0.1, 0.15) is 0 Å². The molecule has 0 aromatic heterocycles. The lowest BCUT2D eigenvalue weighted by atomic mass is 10.2. The lowest BCUT2D eigenvalue weighted by molar-refractivity contribution is -0.120. The maximum Gasteiger partial charge on any atom is 0.239 e. The molecule has 1 aromatic carbocycles. The Balaban J connectivity index is 0.00000338. The molecule has 1 fully saturated rings. The van der Waals surface area contributed by atoms with Gasteiger partial charge in [-0.1, -0.05) is 17.7 Å². The third-order valence-electron chi connectivity index (χ3n) is 4.00. The number of benzene rings is 1. The van der Waals surface area contributed by atoms with Gasteiger partial charge in [0, 0.05) is 57.6 Å². The zero-order valence-corrected chi connectivity index (χ0v) is 18.3. The number of rotatable bonds is 6. The van der Waals surface area contributed by atoms with Crippen molar-refractivity contribution in [2.75, 3.05) is 64.9 Å². The number of hydrogen-bond acceptors (Lipinski definition) is 4. The third kappa shape index (κ3) is 7.16. The van der Waals surface area contributed by atoms with Crippen molar-refractivity contribution >= 4 is 53.1 Å². The molecular formula is C17H27ClIN5O2. The Morgan fingerprint density at radius 1 is 1.27 bits per heavy atom. The van der Waals surface area contributed by atoms with Crippen LogP contribution >= 0.6 is 35.6 Å². The zero-order valence-electron chi connectivity index (χ0n) is 15.2. The number of piperazine rings is 1. The number of halogens is 2. The molecule has 1 aliphatic rings. The van der Waals surface area contributed by atoms with E-state index in [1.807, 2.05) is 18.2 Å². The zero-order chi connectivity index (χ0) is 18.1. The number of amides is 1. The first-order chi connectivity index (χ1) is 12.1. The molecule has 0 spiro atoms. The summed E-state index contributed by atoms with van der Waals surface area (Å²) >= 11 is 6.07. The van der Waals surface area contributed by atoms with Crippen LogP contribution < -0.4 is 15.5 Å². The second-order valence-corrected chi connectivity index (χ2v) is 6.13. The largest absolute Gasteiger partial charge is 0.383 e. The van der Waals surface area contributed by atoms with Gasteiger partial charge in [-0.25, -0.2) is 0 Å². The van der Waals surface area contributed by atoms with Crippen LogP contribution in [0.5, 0.6) is 0 Å². The third-order valence-corrected chi connectivity index (χ3v) is 4.23. The van der Waals surface area contributed by atoms with Gasteiger partial charge in [0.15, 0.2) is 5.96 Å². The number of carbonyl (C=O) groups excluding carboxylic acids is 1. The van der Waals surface area contributed by atoms with E-state index in [0.717, 1.165) is 42.8 Å². The summed E-state index contributed by atoms with van der Waals surface area (Å²) in [5.74, 6) is 0.670. The minimum atomic E-state index is -0.0734. The van der Waals surface area contributed by atoms with Crippen molar-refractivity contribution in [2.45, 2.75) is 0 Å². The molecule has 146 valence electrons. The Labute approximate surface area is 177 Å². The number of hydrogen-bond donors (Lipinski definition) is 2. The number of ether oxygens (including phenoxy) is 1. The highest BCUT2D eigenvalue weighted by Gasteiger charge is 2.20. The van der Waals surface area contributed by atoms with Gasteiger partial charge in [0.2, 0.25) is 5.91 Å². The van der Waals surface area contributed by atoms with Crippen LogP contribution in [0.15, 0.2) is 29.3 Å². The summed E-state index contributed by atoms with van der Waals surface area (Å²) < 4.78 is 4.91. The second kappa shape index (κ2) is 12.2. The average Bonchev–Trinajstić information content (AvgIpc) is 2.63. The highest BCUT2D eigenvalue weighted by atomic mass is 127. The number of nitrogens with one attached hydrogen (secondary N) is 2. The molecule has 0 saturated carbocycles. The van der Waals surface area contributed by atoms with Gasteiger partial charge in [0.05, 0.1) is 13.2 Å². The summed E-state index contributed by atoms with van der Waals surface area (Å²) in [5.41, 5.74) is 1.13. The van der Waals surface area contributed by atoms with Gasteiger partial charge in [-0.05, 0) is 18.2 Å². The van der Waals surface area contributed by atoms with Crippen LogP contribution in [0, 0.1) is 0 Å². The van der Waals surface area contributed by atoms with Crippen molar-refractivity contribution in [2.24, 2.45) is 4.99 Å². The van der Waals surface area contributed by atoms with E-state index in [9.17, 15) is 4.79 Å². The second-order valence-electron chi connectivity index (χ2n) is 5.70. The van der Waals surface area contributed by atoms with E-state index in [4.69, 9.17) is 16.3 Å². The quantitative estimate of drug-likeness (QED) is 0.270. The first-order valence-electron chi connectivity index (χ1n) is 8.36. The van der Waals surface area contributed by atoms with Crippen molar-refractivity contribution < 1.29 is 9.53 Å². The van der Waals surface area contributed by atoms with E-state index in [1.54, 1.807) is 14.2 Å². The molecule has 0 aliphatic carbocycles. The summed E-state index contributed by atoms with van der Waals surface area (Å²) in [7, 11) is 3.34. The lowest BCUT2D eigenvalue weighted by Crippen LogP contribution is -2.53. The van der Waals surface area contributed by atoms with Gasteiger partial charge in [0.25, 0.3) is 0 Å². The number of guanidine groups is 1. The number of nitrogens with zero attached hydrogens (tertiary/aromatic N) is 3. The molecule has 0 bridgehead atoms. The SMILES string of the molecule is CN=C(NCC(=O)NCCOC)N1CCN(c2cccc(Cl)c2)CC1.I. The average molecular weight is 496 g/mol. The Kier molecular flexibility index (Phi) is 10.7. The monoisotopic (exact) mass is 495 g/mol. The topological polar surface area (TPSA) is 69.2 Å². The minimum Gasteiger partial charge on any atom is -0.383 e. The highest BCUT2D eigenvalue weighted by molar-refractivity contribution is 14.0. The van der Waals surface area contributed by atoms with Crippen LogP contribution in [0.3, 0.4) is 0 Å². The van der Waals surface area contributed by atoms with Crippen LogP contribution in [0.4, 0.5) is 5.69 Å². The molecule has 26 heavy (non-hydrogen) atoms. The van der Waals surface area contributed by atoms with Crippen LogP contribution in [0.25, 0.3) is 0 Å². The molecule has 1 aromatic rings. The standard InChI is InChI=1S/C17H26ClN5O2.HI/c1-19-17(21-13-16(24)20-6-11-25-2)23-9-7-22(8-10-23)15-5-3-4-14(18)12-15;/h3-5,12H,6-11,13H2,1-2H3,(H,19,21)(H,20,24);1H. The van der Waals surface area contributed by atoms with E-state index in [1.165, 1.54) is 0 Å². The van der Waals surface area contributed by atoms with Gasteiger partial charge >= 0.3 is 0 Å². The summed E-state index contributed by atoms with van der Waals surface area (Å²) in [5, 5.41) is 6.64. The molecular weight excluding hydrogens is 469 g/mol. The van der Waals surface area contributed by atoms with Crippen molar-refractivity contribution in [3.8, 4) is 0 Å². The molecule has 9 heteroatoms. The van der Waals surface area contributed by atoms with E-state index < -0.39 is 0 Å². The molecule has 1 saturated heterocycles. The fourth-order valence-electron chi connectivity index (χ4n) is 2.70. The Bertz CT molecular complexity index is 594. The Morgan fingerprint density at radius 3 is 2.62 bits per heavy atom. The van der Waals surface area contributed by atoms with E-state index in [0.29, 0.717) is 13.2 Å². The molecule has 2 rings (SSSR count). The summed E-state index contributed by atoms with van der Waals surface area (Å²) in [4.78, 5) is 20.5. The predicted octanol–water partition coefficient (Wildman–Crippen LogP) is 1.42. The Hall–Kier alpha value is -1.26. The number of aliphatic imine (C=N–C) groups is 1. The number of methoxy groups -OCH3 is 1. The highest BCUT2D eigenvalue weighted by Crippen LogP contribution is 2.20. The summed E-state index contributed by atoms with van der Waals surface area (Å²) in [6, 6.07) is 7.89. The molecule has 0 atom stereocenters. The first-order valence-corrected chi connectivity index (χ1v) is 8.73.